The zero-order valence-electron chi connectivity index (χ0n) is 32.2. The second-order valence-corrected chi connectivity index (χ2v) is 14.1. The maximum absolute atomic E-state index is 11.4. The largest absolute Gasteiger partial charge is 0.505 e. The van der Waals surface area contributed by atoms with E-state index in [1.54, 1.807) is 103 Å². The Balaban J connectivity index is 1.09. The van der Waals surface area contributed by atoms with Crippen molar-refractivity contribution in [2.75, 3.05) is 30.7 Å². The van der Waals surface area contributed by atoms with Crippen molar-refractivity contribution in [2.45, 2.75) is 23.6 Å². The standard InChI is InChI=1S/C40H36N8O11S2/c1-24-18-36(25(2)17-35(24)46-45-29-5-3-28(4-6-29)43-44-30-9-14-33(15-10-30)60-58-56-52)47-48-39-37(61-59-57-53)20-26-19-31(11-16-34(26)40(39)51)42-23-55-32-12-7-27(8-13-32)41-22-54-21-38(49)50/h3-20,41-42,51-53H,21-23H2,1-2H3,(H,49,50). The lowest BCUT2D eigenvalue weighted by molar-refractivity contribution is -0.432. The lowest BCUT2D eigenvalue weighted by Gasteiger charge is -2.13. The molecule has 0 heterocycles. The number of nitrogens with zero attached hydrogens (tertiary/aromatic N) is 6. The third-order valence-corrected chi connectivity index (χ3v) is 9.57. The predicted octanol–water partition coefficient (Wildman–Crippen LogP) is 12.2. The van der Waals surface area contributed by atoms with E-state index in [4.69, 9.17) is 29.4 Å². The first-order chi connectivity index (χ1) is 29.7. The molecule has 21 heteroatoms. The van der Waals surface area contributed by atoms with Crippen LogP contribution in [0.2, 0.25) is 0 Å². The highest BCUT2D eigenvalue weighted by Crippen LogP contribution is 2.45. The van der Waals surface area contributed by atoms with Crippen molar-refractivity contribution >= 4 is 86.3 Å². The lowest BCUT2D eigenvalue weighted by Crippen LogP contribution is -2.12. The number of rotatable bonds is 21. The number of aromatic hydroxyl groups is 1. The number of carboxylic acids is 1. The van der Waals surface area contributed by atoms with Gasteiger partial charge >= 0.3 is 5.97 Å². The van der Waals surface area contributed by atoms with Crippen molar-refractivity contribution in [3.8, 4) is 11.5 Å². The van der Waals surface area contributed by atoms with E-state index in [-0.39, 0.29) is 24.9 Å². The number of ether oxygens (including phenoxy) is 2. The number of anilines is 2. The Morgan fingerprint density at radius 3 is 1.82 bits per heavy atom. The van der Waals surface area contributed by atoms with Gasteiger partial charge in [-0.25, -0.2) is 15.3 Å². The van der Waals surface area contributed by atoms with Crippen LogP contribution >= 0.6 is 24.1 Å². The molecule has 0 spiro atoms. The van der Waals surface area contributed by atoms with Gasteiger partial charge in [0.1, 0.15) is 24.8 Å². The van der Waals surface area contributed by atoms with Crippen LogP contribution < -0.4 is 15.4 Å². The van der Waals surface area contributed by atoms with Gasteiger partial charge < -0.3 is 30.3 Å². The van der Waals surface area contributed by atoms with E-state index in [0.717, 1.165) is 28.9 Å². The number of azo groups is 3. The van der Waals surface area contributed by atoms with E-state index < -0.39 is 12.6 Å². The zero-order chi connectivity index (χ0) is 43.0. The molecular formula is C40H36N8O11S2. The molecule has 0 unspecified atom stereocenters. The molecular weight excluding hydrogens is 833 g/mol. The molecule has 0 aliphatic rings. The highest BCUT2D eigenvalue weighted by atomic mass is 32.2. The van der Waals surface area contributed by atoms with E-state index in [0.29, 0.717) is 72.5 Å². The first kappa shape index (κ1) is 44.0. The number of carbonyl (C=O) groups is 1. The Bertz CT molecular complexity index is 2510. The number of hydrogen-bond donors (Lipinski definition) is 6. The van der Waals surface area contributed by atoms with E-state index in [1.807, 2.05) is 19.9 Å². The minimum Gasteiger partial charge on any atom is -0.505 e. The van der Waals surface area contributed by atoms with Crippen LogP contribution in [0.3, 0.4) is 0 Å². The van der Waals surface area contributed by atoms with Gasteiger partial charge in [0.2, 0.25) is 0 Å². The van der Waals surface area contributed by atoms with Crippen molar-refractivity contribution in [3.63, 3.8) is 0 Å². The quantitative estimate of drug-likeness (QED) is 0.00982. The Morgan fingerprint density at radius 2 is 1.20 bits per heavy atom. The summed E-state index contributed by atoms with van der Waals surface area (Å²) in [5, 5.41) is 77.9. The van der Waals surface area contributed by atoms with Gasteiger partial charge in [-0.2, -0.15) is 25.6 Å². The minimum atomic E-state index is -1.05. The van der Waals surface area contributed by atoms with E-state index in [2.05, 4.69) is 55.7 Å². The van der Waals surface area contributed by atoms with Crippen molar-refractivity contribution in [2.24, 2.45) is 30.7 Å². The summed E-state index contributed by atoms with van der Waals surface area (Å²) in [6.45, 7) is 3.50. The number of carboxylic acid groups (broad SMARTS) is 1. The average molecular weight is 869 g/mol. The molecule has 0 radical (unpaired) electrons. The maximum Gasteiger partial charge on any atom is 0.329 e. The third kappa shape index (κ3) is 13.0. The molecule has 314 valence electrons. The SMILES string of the molecule is Cc1cc(N=Nc2c(SOOO)cc3cc(NCOc4ccc(NCOCC(=O)O)cc4)ccc3c2O)c(C)cc1N=Nc1ccc(N=Nc2ccc(SOOO)cc2)cc1. The lowest BCUT2D eigenvalue weighted by atomic mass is 10.1. The normalized spacial score (nSPS) is 11.6. The fraction of sp³-hybridized carbons (Fsp3) is 0.125. The number of fused-ring (bicyclic) bond motifs is 1. The molecule has 6 aromatic carbocycles. The summed E-state index contributed by atoms with van der Waals surface area (Å²) >= 11 is 1.49. The smallest absolute Gasteiger partial charge is 0.329 e. The van der Waals surface area contributed by atoms with Gasteiger partial charge in [-0.05, 0) is 140 Å². The molecule has 6 rings (SSSR count). The van der Waals surface area contributed by atoms with Crippen LogP contribution in [0.1, 0.15) is 11.1 Å². The van der Waals surface area contributed by atoms with Gasteiger partial charge in [0.15, 0.2) is 12.5 Å². The summed E-state index contributed by atoms with van der Waals surface area (Å²) in [7, 11) is 0. The van der Waals surface area contributed by atoms with Crippen LogP contribution in [0.5, 0.6) is 11.5 Å². The molecule has 0 aromatic heterocycles. The summed E-state index contributed by atoms with van der Waals surface area (Å²) in [6.07, 6.45) is 0. The molecule has 0 amide bonds. The number of nitrogens with one attached hydrogen (secondary N) is 2. The van der Waals surface area contributed by atoms with E-state index in [1.165, 1.54) is 0 Å². The zero-order valence-corrected chi connectivity index (χ0v) is 33.8. The van der Waals surface area contributed by atoms with Crippen molar-refractivity contribution in [1.29, 1.82) is 0 Å². The van der Waals surface area contributed by atoms with Gasteiger partial charge in [-0.1, -0.05) is 10.1 Å². The number of phenols is 1. The third-order valence-electron chi connectivity index (χ3n) is 8.35. The number of aryl methyl sites for hydroxylation is 2. The van der Waals surface area contributed by atoms with Crippen LogP contribution in [-0.4, -0.2) is 46.8 Å². The molecule has 61 heavy (non-hydrogen) atoms. The highest BCUT2D eigenvalue weighted by Gasteiger charge is 2.16. The summed E-state index contributed by atoms with van der Waals surface area (Å²) in [4.78, 5) is 11.6. The van der Waals surface area contributed by atoms with Gasteiger partial charge in [-0.3, -0.25) is 0 Å². The molecule has 0 aliphatic carbocycles. The van der Waals surface area contributed by atoms with Gasteiger partial charge in [-0.15, -0.1) is 13.8 Å². The molecule has 0 atom stereocenters. The summed E-state index contributed by atoms with van der Waals surface area (Å²) in [5.74, 6) is -0.624. The molecule has 0 bridgehead atoms. The fourth-order valence-electron chi connectivity index (χ4n) is 5.36. The van der Waals surface area contributed by atoms with Crippen LogP contribution in [0.15, 0.2) is 150 Å². The van der Waals surface area contributed by atoms with Crippen molar-refractivity contribution in [1.82, 2.24) is 0 Å². The summed E-state index contributed by atoms with van der Waals surface area (Å²) in [5.41, 5.74) is 6.03. The Morgan fingerprint density at radius 1 is 0.639 bits per heavy atom. The van der Waals surface area contributed by atoms with Crippen molar-refractivity contribution < 1.29 is 53.7 Å². The Labute approximate surface area is 355 Å². The molecule has 0 saturated heterocycles. The summed E-state index contributed by atoms with van der Waals surface area (Å²) < 4.78 is 19.9. The molecule has 0 saturated carbocycles. The van der Waals surface area contributed by atoms with E-state index >= 15 is 0 Å². The number of phenolic OH excluding ortho intramolecular Hbond substituents is 1. The number of benzene rings is 6. The molecule has 6 N–H and O–H groups in total. The van der Waals surface area contributed by atoms with Gasteiger partial charge in [0, 0.05) is 21.7 Å². The first-order valence-corrected chi connectivity index (χ1v) is 19.3. The first-order valence-electron chi connectivity index (χ1n) is 17.8. The van der Waals surface area contributed by atoms with Gasteiger partial charge in [0.25, 0.3) is 0 Å². The second kappa shape index (κ2) is 22.2. The molecule has 0 aliphatic heterocycles. The minimum absolute atomic E-state index is 0.0495. The summed E-state index contributed by atoms with van der Waals surface area (Å²) in [6, 6.07) is 31.7. The Hall–Kier alpha value is -6.53. The van der Waals surface area contributed by atoms with Crippen LogP contribution in [0.25, 0.3) is 10.8 Å². The van der Waals surface area contributed by atoms with E-state index in [9.17, 15) is 9.90 Å². The number of hydrogen-bond acceptors (Lipinski definition) is 20. The van der Waals surface area contributed by atoms with Crippen LogP contribution in [0.4, 0.5) is 45.5 Å². The maximum atomic E-state index is 11.4. The van der Waals surface area contributed by atoms with Gasteiger partial charge in [0.05, 0.1) is 57.4 Å². The predicted molar refractivity (Wildman–Crippen MR) is 226 cm³/mol. The highest BCUT2D eigenvalue weighted by molar-refractivity contribution is 7.94. The monoisotopic (exact) mass is 868 g/mol. The molecule has 0 fully saturated rings. The van der Waals surface area contributed by atoms with Crippen molar-refractivity contribution in [3.05, 3.63) is 120 Å². The average Bonchev–Trinajstić information content (AvgIpc) is 3.27. The molecule has 19 nitrogen and oxygen atoms in total. The second-order valence-electron chi connectivity index (χ2n) is 12.5. The Kier molecular flexibility index (Phi) is 16.0. The fourth-order valence-corrected chi connectivity index (χ4v) is 6.21. The van der Waals surface area contributed by atoms with Crippen LogP contribution in [0, 0.1) is 13.8 Å². The number of aliphatic carboxylic acids is 1. The topological polar surface area (TPSA) is 252 Å². The van der Waals surface area contributed by atoms with Crippen LogP contribution in [-0.2, 0) is 28.3 Å². The molecule has 6 aromatic rings.